The normalized spacial score (nSPS) is 11.2. The number of nitriles is 1. The lowest BCUT2D eigenvalue weighted by Gasteiger charge is -2.04. The number of hydrogen-bond acceptors (Lipinski definition) is 5. The first kappa shape index (κ1) is 14.7. The lowest BCUT2D eigenvalue weighted by molar-refractivity contribution is -0.118. The number of halogens is 1. The molecule has 0 radical (unpaired) electrons. The van der Waals surface area contributed by atoms with Crippen molar-refractivity contribution in [3.05, 3.63) is 46.1 Å². The average molecular weight is 279 g/mol. The van der Waals surface area contributed by atoms with E-state index in [1.165, 1.54) is 19.1 Å². The second-order valence-electron chi connectivity index (χ2n) is 3.68. The van der Waals surface area contributed by atoms with Gasteiger partial charge in [-0.3, -0.25) is 4.79 Å². The highest BCUT2D eigenvalue weighted by atomic mass is 35.5. The molecule has 0 amide bonds. The minimum atomic E-state index is -0.692. The van der Waals surface area contributed by atoms with Crippen molar-refractivity contribution >= 4 is 23.4 Å². The first-order chi connectivity index (χ1) is 8.95. The number of esters is 1. The Balaban J connectivity index is 2.69. The van der Waals surface area contributed by atoms with Crippen molar-refractivity contribution in [1.29, 1.82) is 5.26 Å². The zero-order valence-corrected chi connectivity index (χ0v) is 10.9. The Hall–Kier alpha value is -2.32. The second kappa shape index (κ2) is 6.57. The number of carbonyl (C=O) groups excluding carboxylic acids is 2. The van der Waals surface area contributed by atoms with Crippen LogP contribution in [0.25, 0.3) is 0 Å². The molecule has 2 N–H and O–H groups in total. The first-order valence-electron chi connectivity index (χ1n) is 5.28. The molecule has 98 valence electrons. The summed E-state index contributed by atoms with van der Waals surface area (Å²) in [6, 6.07) is 7.79. The number of carbonyl (C=O) groups is 2. The number of nitrogens with zero attached hydrogens (tertiary/aromatic N) is 1. The van der Waals surface area contributed by atoms with Crippen LogP contribution in [0, 0.1) is 11.3 Å². The van der Waals surface area contributed by atoms with Crippen LogP contribution < -0.4 is 5.73 Å². The largest absolute Gasteiger partial charge is 0.454 e. The number of rotatable bonds is 4. The predicted molar refractivity (Wildman–Crippen MR) is 69.2 cm³/mol. The number of Topliss-reactive ketones (excluding diaryl/α,β-unsaturated/α-hetero) is 1. The molecule has 0 aliphatic carbocycles. The molecule has 0 heterocycles. The van der Waals surface area contributed by atoms with Crippen molar-refractivity contribution in [1.82, 2.24) is 0 Å². The summed E-state index contributed by atoms with van der Waals surface area (Å²) in [6.45, 7) is 0.887. The fraction of sp³-hybridized carbons (Fsp3) is 0.154. The fourth-order valence-electron chi connectivity index (χ4n) is 1.27. The van der Waals surface area contributed by atoms with Crippen LogP contribution in [-0.4, -0.2) is 18.4 Å². The van der Waals surface area contributed by atoms with E-state index in [4.69, 9.17) is 27.3 Å². The third-order valence-electron chi connectivity index (χ3n) is 2.18. The van der Waals surface area contributed by atoms with Gasteiger partial charge in [-0.05, 0) is 25.1 Å². The van der Waals surface area contributed by atoms with E-state index in [0.29, 0.717) is 5.02 Å². The Bertz CT molecular complexity index is 584. The molecule has 1 rings (SSSR count). The summed E-state index contributed by atoms with van der Waals surface area (Å²) >= 11 is 5.72. The van der Waals surface area contributed by atoms with Gasteiger partial charge in [-0.15, -0.1) is 0 Å². The highest BCUT2D eigenvalue weighted by Crippen LogP contribution is 2.11. The average Bonchev–Trinajstić information content (AvgIpc) is 2.36. The van der Waals surface area contributed by atoms with Crippen molar-refractivity contribution in [2.75, 3.05) is 6.61 Å². The summed E-state index contributed by atoms with van der Waals surface area (Å²) in [5, 5.41) is 9.10. The maximum atomic E-state index is 11.6. The topological polar surface area (TPSA) is 93.2 Å². The Labute approximate surface area is 115 Å². The third-order valence-corrected chi connectivity index (χ3v) is 2.41. The zero-order valence-electron chi connectivity index (χ0n) is 10.1. The van der Waals surface area contributed by atoms with E-state index in [9.17, 15) is 9.59 Å². The second-order valence-corrected chi connectivity index (χ2v) is 4.12. The molecule has 0 spiro atoms. The number of nitrogens with two attached hydrogens (primary N) is 1. The smallest absolute Gasteiger partial charge is 0.338 e. The molecule has 0 aromatic heterocycles. The summed E-state index contributed by atoms with van der Waals surface area (Å²) in [5.74, 6) is -1.33. The van der Waals surface area contributed by atoms with Gasteiger partial charge in [0.05, 0.1) is 5.56 Å². The molecule has 1 aromatic carbocycles. The molecule has 0 bridgehead atoms. The zero-order chi connectivity index (χ0) is 14.4. The van der Waals surface area contributed by atoms with Crippen LogP contribution in [-0.2, 0) is 9.53 Å². The van der Waals surface area contributed by atoms with Crippen molar-refractivity contribution in [3.63, 3.8) is 0 Å². The monoisotopic (exact) mass is 278 g/mol. The maximum Gasteiger partial charge on any atom is 0.338 e. The third kappa shape index (κ3) is 4.12. The molecular formula is C13H11ClN2O3. The summed E-state index contributed by atoms with van der Waals surface area (Å²) in [7, 11) is 0. The van der Waals surface area contributed by atoms with E-state index < -0.39 is 18.4 Å². The molecule has 0 saturated carbocycles. The van der Waals surface area contributed by atoms with Gasteiger partial charge in [-0.1, -0.05) is 17.7 Å². The minimum Gasteiger partial charge on any atom is -0.454 e. The Morgan fingerprint density at radius 3 is 2.68 bits per heavy atom. The van der Waals surface area contributed by atoms with Crippen molar-refractivity contribution in [3.8, 4) is 6.07 Å². The van der Waals surface area contributed by atoms with Crippen molar-refractivity contribution in [2.24, 2.45) is 5.73 Å². The summed E-state index contributed by atoms with van der Waals surface area (Å²) in [5.41, 5.74) is 5.47. The lowest BCUT2D eigenvalue weighted by atomic mass is 10.1. The Morgan fingerprint density at radius 1 is 1.47 bits per heavy atom. The molecular weight excluding hydrogens is 268 g/mol. The molecule has 0 unspecified atom stereocenters. The number of allylic oxidation sites excluding steroid dienone is 1. The molecule has 0 fully saturated rings. The molecule has 5 nitrogen and oxygen atoms in total. The van der Waals surface area contributed by atoms with Gasteiger partial charge in [0.1, 0.15) is 11.6 Å². The summed E-state index contributed by atoms with van der Waals surface area (Å²) in [6.07, 6.45) is 0. The lowest BCUT2D eigenvalue weighted by Crippen LogP contribution is -2.17. The number of ether oxygens (including phenoxy) is 1. The number of hydrogen-bond donors (Lipinski definition) is 1. The standard InChI is InChI=1S/C13H11ClN2O3/c1-8(16)11(6-15)12(17)7-19-13(18)9-3-2-4-10(14)5-9/h2-5H,7,16H2,1H3/b11-8+. The van der Waals surface area contributed by atoms with Gasteiger partial charge in [0.25, 0.3) is 0 Å². The SMILES string of the molecule is C/C(N)=C(/C#N)C(=O)COC(=O)c1cccc(Cl)c1. The molecule has 1 aromatic rings. The highest BCUT2D eigenvalue weighted by molar-refractivity contribution is 6.30. The van der Waals surface area contributed by atoms with Crippen molar-refractivity contribution < 1.29 is 14.3 Å². The van der Waals surface area contributed by atoms with Gasteiger partial charge in [-0.2, -0.15) is 5.26 Å². The van der Waals surface area contributed by atoms with Gasteiger partial charge >= 0.3 is 5.97 Å². The number of benzene rings is 1. The minimum absolute atomic E-state index is 0.0892. The first-order valence-corrected chi connectivity index (χ1v) is 5.66. The Morgan fingerprint density at radius 2 is 2.16 bits per heavy atom. The van der Waals surface area contributed by atoms with Gasteiger partial charge in [-0.25, -0.2) is 4.79 Å². The van der Waals surface area contributed by atoms with E-state index in [1.54, 1.807) is 18.2 Å². The van der Waals surface area contributed by atoms with Crippen molar-refractivity contribution in [2.45, 2.75) is 6.92 Å². The van der Waals surface area contributed by atoms with Crippen LogP contribution in [0.5, 0.6) is 0 Å². The van der Waals surface area contributed by atoms with E-state index in [0.717, 1.165) is 0 Å². The van der Waals surface area contributed by atoms with Crippen LogP contribution in [0.4, 0.5) is 0 Å². The van der Waals surface area contributed by atoms with Crippen LogP contribution in [0.15, 0.2) is 35.5 Å². The maximum absolute atomic E-state index is 11.6. The van der Waals surface area contributed by atoms with E-state index in [1.807, 2.05) is 0 Å². The van der Waals surface area contributed by atoms with Gasteiger partial charge < -0.3 is 10.5 Å². The van der Waals surface area contributed by atoms with Crippen LogP contribution in [0.1, 0.15) is 17.3 Å². The van der Waals surface area contributed by atoms with Crippen LogP contribution in [0.2, 0.25) is 5.02 Å². The summed E-state index contributed by atoms with van der Waals surface area (Å²) < 4.78 is 4.79. The van der Waals surface area contributed by atoms with Gasteiger partial charge in [0.15, 0.2) is 6.61 Å². The molecule has 0 atom stereocenters. The molecule has 0 saturated heterocycles. The molecule has 19 heavy (non-hydrogen) atoms. The Kier molecular flexibility index (Phi) is 5.10. The summed E-state index contributed by atoms with van der Waals surface area (Å²) in [4.78, 5) is 23.2. The van der Waals surface area contributed by atoms with E-state index in [-0.39, 0.29) is 16.8 Å². The van der Waals surface area contributed by atoms with Gasteiger partial charge in [0, 0.05) is 10.7 Å². The predicted octanol–water partition coefficient (Wildman–Crippen LogP) is 1.82. The molecule has 6 heteroatoms. The van der Waals surface area contributed by atoms with Crippen LogP contribution in [0.3, 0.4) is 0 Å². The van der Waals surface area contributed by atoms with Crippen LogP contribution >= 0.6 is 11.6 Å². The van der Waals surface area contributed by atoms with Gasteiger partial charge in [0.2, 0.25) is 5.78 Å². The quantitative estimate of drug-likeness (QED) is 0.515. The highest BCUT2D eigenvalue weighted by Gasteiger charge is 2.15. The fourth-order valence-corrected chi connectivity index (χ4v) is 1.46. The van der Waals surface area contributed by atoms with E-state index >= 15 is 0 Å². The van der Waals surface area contributed by atoms with E-state index in [2.05, 4.69) is 0 Å². The molecule has 0 aliphatic rings. The number of ketones is 1. The molecule has 0 aliphatic heterocycles.